The average molecular weight is 328 g/mol. The number of fused-ring (bicyclic) bond motifs is 1. The smallest absolute Gasteiger partial charge is 0.408 e. The number of hydrogen-bond acceptors (Lipinski definition) is 4. The first kappa shape index (κ1) is 13.8. The molecule has 1 aromatic heterocycles. The van der Waals surface area contributed by atoms with Crippen molar-refractivity contribution in [3.05, 3.63) is 50.7 Å². The zero-order valence-corrected chi connectivity index (χ0v) is 11.8. The Kier molecular flexibility index (Phi) is 3.27. The molecule has 108 valence electrons. The Bertz CT molecular complexity index is 881. The number of aromatic amines is 1. The van der Waals surface area contributed by atoms with Gasteiger partial charge < -0.3 is 15.5 Å². The van der Waals surface area contributed by atoms with E-state index in [9.17, 15) is 9.18 Å². The van der Waals surface area contributed by atoms with Gasteiger partial charge in [-0.3, -0.25) is 4.98 Å². The van der Waals surface area contributed by atoms with Crippen molar-refractivity contribution >= 4 is 51.4 Å². The predicted molar refractivity (Wildman–Crippen MR) is 80.9 cm³/mol. The second kappa shape index (κ2) is 4.98. The van der Waals surface area contributed by atoms with Crippen LogP contribution in [0.3, 0.4) is 0 Å². The van der Waals surface area contributed by atoms with Crippen molar-refractivity contribution in [1.29, 1.82) is 0 Å². The van der Waals surface area contributed by atoms with E-state index in [1.54, 1.807) is 6.07 Å². The van der Waals surface area contributed by atoms with E-state index < -0.39 is 11.6 Å². The monoisotopic (exact) mass is 327 g/mol. The Hall–Kier alpha value is -2.18. The number of oxazole rings is 1. The maximum absolute atomic E-state index is 13.4. The number of anilines is 3. The van der Waals surface area contributed by atoms with Crippen LogP contribution in [-0.4, -0.2) is 4.98 Å². The Morgan fingerprint density at radius 3 is 2.52 bits per heavy atom. The van der Waals surface area contributed by atoms with Crippen molar-refractivity contribution in [3.63, 3.8) is 0 Å². The Labute approximate surface area is 127 Å². The number of nitrogens with two attached hydrogens (primary N) is 1. The lowest BCUT2D eigenvalue weighted by Gasteiger charge is -2.10. The van der Waals surface area contributed by atoms with Gasteiger partial charge in [-0.05, 0) is 18.2 Å². The van der Waals surface area contributed by atoms with Gasteiger partial charge in [0.05, 0.1) is 26.9 Å². The summed E-state index contributed by atoms with van der Waals surface area (Å²) in [6.07, 6.45) is 0. The summed E-state index contributed by atoms with van der Waals surface area (Å²) in [5.74, 6) is -1.26. The molecule has 21 heavy (non-hydrogen) atoms. The Morgan fingerprint density at radius 1 is 1.19 bits per heavy atom. The predicted octanol–water partition coefficient (Wildman–Crippen LogP) is 3.89. The van der Waals surface area contributed by atoms with E-state index in [4.69, 9.17) is 33.4 Å². The topological polar surface area (TPSA) is 84.0 Å². The normalized spacial score (nSPS) is 11.0. The maximum atomic E-state index is 13.4. The summed E-state index contributed by atoms with van der Waals surface area (Å²) in [4.78, 5) is 13.7. The van der Waals surface area contributed by atoms with Gasteiger partial charge in [-0.1, -0.05) is 23.2 Å². The summed E-state index contributed by atoms with van der Waals surface area (Å²) in [5.41, 5.74) is 8.01. The Morgan fingerprint density at radius 2 is 1.86 bits per heavy atom. The van der Waals surface area contributed by atoms with Gasteiger partial charge in [0.25, 0.3) is 0 Å². The molecule has 8 heteroatoms. The lowest BCUT2D eigenvalue weighted by molar-refractivity contribution is 0.555. The van der Waals surface area contributed by atoms with E-state index in [0.717, 1.165) is 0 Å². The van der Waals surface area contributed by atoms with Gasteiger partial charge in [-0.2, -0.15) is 0 Å². The van der Waals surface area contributed by atoms with Crippen molar-refractivity contribution in [2.75, 3.05) is 11.1 Å². The van der Waals surface area contributed by atoms with Crippen LogP contribution in [-0.2, 0) is 0 Å². The summed E-state index contributed by atoms with van der Waals surface area (Å²) in [6, 6.07) is 5.86. The largest absolute Gasteiger partial charge is 0.417 e. The molecule has 0 amide bonds. The first-order valence-electron chi connectivity index (χ1n) is 5.78. The molecule has 0 unspecified atom stereocenters. The molecule has 4 N–H and O–H groups in total. The van der Waals surface area contributed by atoms with Crippen LogP contribution in [0, 0.1) is 5.82 Å². The van der Waals surface area contributed by atoms with Crippen LogP contribution < -0.4 is 16.8 Å². The standard InChI is InChI=1S/C13H8Cl2FN3O2/c14-6-1-5(2-7(15)12(6)16)18-9-4-10-11(3-8(9)17)21-13(20)19-10/h1-4,18H,17H2,(H,19,20). The van der Waals surface area contributed by atoms with E-state index in [-0.39, 0.29) is 10.0 Å². The second-order valence-corrected chi connectivity index (χ2v) is 5.14. The number of benzene rings is 2. The van der Waals surface area contributed by atoms with Crippen LogP contribution >= 0.6 is 23.2 Å². The number of halogens is 3. The number of hydrogen-bond donors (Lipinski definition) is 3. The van der Waals surface area contributed by atoms with Gasteiger partial charge in [-0.15, -0.1) is 0 Å². The van der Waals surface area contributed by atoms with Crippen molar-refractivity contribution in [2.45, 2.75) is 0 Å². The minimum atomic E-state index is -0.688. The molecular formula is C13H8Cl2FN3O2. The summed E-state index contributed by atoms with van der Waals surface area (Å²) in [5, 5.41) is 2.74. The molecule has 0 atom stereocenters. The first-order valence-corrected chi connectivity index (χ1v) is 6.53. The molecule has 0 aliphatic heterocycles. The lowest BCUT2D eigenvalue weighted by Crippen LogP contribution is -1.97. The molecule has 2 aromatic carbocycles. The highest BCUT2D eigenvalue weighted by molar-refractivity contribution is 6.35. The number of nitrogen functional groups attached to an aromatic ring is 1. The third-order valence-corrected chi connectivity index (χ3v) is 3.40. The summed E-state index contributed by atoms with van der Waals surface area (Å²) in [6.45, 7) is 0. The molecule has 0 radical (unpaired) electrons. The van der Waals surface area contributed by atoms with Gasteiger partial charge in [0.1, 0.15) is 0 Å². The van der Waals surface area contributed by atoms with Crippen LogP contribution in [0.15, 0.2) is 33.5 Å². The van der Waals surface area contributed by atoms with Gasteiger partial charge in [-0.25, -0.2) is 9.18 Å². The molecule has 0 fully saturated rings. The van der Waals surface area contributed by atoms with Crippen molar-refractivity contribution < 1.29 is 8.81 Å². The van der Waals surface area contributed by atoms with Gasteiger partial charge >= 0.3 is 5.76 Å². The molecule has 0 spiro atoms. The molecule has 3 aromatic rings. The van der Waals surface area contributed by atoms with E-state index >= 15 is 0 Å². The zero-order valence-electron chi connectivity index (χ0n) is 10.3. The quantitative estimate of drug-likeness (QED) is 0.492. The van der Waals surface area contributed by atoms with Crippen LogP contribution in [0.5, 0.6) is 0 Å². The third kappa shape index (κ3) is 2.55. The van der Waals surface area contributed by atoms with E-state index in [1.165, 1.54) is 18.2 Å². The Balaban J connectivity index is 2.05. The number of rotatable bonds is 2. The van der Waals surface area contributed by atoms with Gasteiger partial charge in [0.2, 0.25) is 0 Å². The van der Waals surface area contributed by atoms with Crippen LogP contribution in [0.25, 0.3) is 11.1 Å². The lowest BCUT2D eigenvalue weighted by atomic mass is 10.2. The average Bonchev–Trinajstić information content (AvgIpc) is 2.75. The maximum Gasteiger partial charge on any atom is 0.417 e. The minimum Gasteiger partial charge on any atom is -0.408 e. The molecule has 1 heterocycles. The fourth-order valence-corrected chi connectivity index (χ4v) is 2.39. The van der Waals surface area contributed by atoms with Crippen LogP contribution in [0.2, 0.25) is 10.0 Å². The molecule has 5 nitrogen and oxygen atoms in total. The molecule has 0 aliphatic carbocycles. The SMILES string of the molecule is Nc1cc2oc(=O)[nH]c2cc1Nc1cc(Cl)c(F)c(Cl)c1. The van der Waals surface area contributed by atoms with E-state index in [2.05, 4.69) is 10.3 Å². The van der Waals surface area contributed by atoms with E-state index in [1.807, 2.05) is 0 Å². The highest BCUT2D eigenvalue weighted by Crippen LogP contribution is 2.32. The van der Waals surface area contributed by atoms with Crippen molar-refractivity contribution in [1.82, 2.24) is 4.98 Å². The summed E-state index contributed by atoms with van der Waals surface area (Å²) in [7, 11) is 0. The number of nitrogens with one attached hydrogen (secondary N) is 2. The van der Waals surface area contributed by atoms with Crippen LogP contribution in [0.4, 0.5) is 21.5 Å². The first-order chi connectivity index (χ1) is 9.94. The fraction of sp³-hybridized carbons (Fsp3) is 0. The zero-order chi connectivity index (χ0) is 15.1. The van der Waals surface area contributed by atoms with Gasteiger partial charge in [0.15, 0.2) is 11.4 Å². The highest BCUT2D eigenvalue weighted by atomic mass is 35.5. The number of aromatic nitrogens is 1. The van der Waals surface area contributed by atoms with Crippen molar-refractivity contribution in [3.8, 4) is 0 Å². The van der Waals surface area contributed by atoms with Crippen LogP contribution in [0.1, 0.15) is 0 Å². The highest BCUT2D eigenvalue weighted by Gasteiger charge is 2.10. The van der Waals surface area contributed by atoms with Gasteiger partial charge in [0, 0.05) is 11.8 Å². The fourth-order valence-electron chi connectivity index (χ4n) is 1.90. The molecule has 0 aliphatic rings. The minimum absolute atomic E-state index is 0.110. The number of H-pyrrole nitrogens is 1. The van der Waals surface area contributed by atoms with E-state index in [0.29, 0.717) is 28.2 Å². The second-order valence-electron chi connectivity index (χ2n) is 4.33. The molecular weight excluding hydrogens is 320 g/mol. The molecule has 0 bridgehead atoms. The summed E-state index contributed by atoms with van der Waals surface area (Å²) < 4.78 is 18.3. The summed E-state index contributed by atoms with van der Waals surface area (Å²) >= 11 is 11.5. The third-order valence-electron chi connectivity index (χ3n) is 2.85. The molecule has 3 rings (SSSR count). The van der Waals surface area contributed by atoms with Crippen molar-refractivity contribution in [2.24, 2.45) is 0 Å². The molecule has 0 saturated carbocycles. The molecule has 0 saturated heterocycles.